The van der Waals surface area contributed by atoms with Crippen LogP contribution in [-0.2, 0) is 4.79 Å². The fourth-order valence-corrected chi connectivity index (χ4v) is 3.23. The molecule has 1 aromatic carbocycles. The molecule has 3 heteroatoms. The van der Waals surface area contributed by atoms with Crippen molar-refractivity contribution >= 4 is 11.6 Å². The second kappa shape index (κ2) is 5.70. The Morgan fingerprint density at radius 1 is 1.35 bits per heavy atom. The Bertz CT molecular complexity index is 523. The molecule has 1 amide bonds. The summed E-state index contributed by atoms with van der Waals surface area (Å²) in [7, 11) is 1.63. The van der Waals surface area contributed by atoms with E-state index < -0.39 is 0 Å². The van der Waals surface area contributed by atoms with Crippen molar-refractivity contribution in [2.24, 2.45) is 17.8 Å². The lowest BCUT2D eigenvalue weighted by Crippen LogP contribution is -2.15. The van der Waals surface area contributed by atoms with Crippen LogP contribution in [0.1, 0.15) is 25.7 Å². The van der Waals surface area contributed by atoms with E-state index >= 15 is 0 Å². The Morgan fingerprint density at radius 3 is 3.10 bits per heavy atom. The van der Waals surface area contributed by atoms with Crippen molar-refractivity contribution in [3.63, 3.8) is 0 Å². The van der Waals surface area contributed by atoms with E-state index in [-0.39, 0.29) is 11.8 Å². The predicted molar refractivity (Wildman–Crippen MR) is 79.7 cm³/mol. The SMILES string of the molecule is COc1cccc(NC(=O)C2C3/C=C\CCCCC32)c1. The van der Waals surface area contributed by atoms with E-state index in [1.54, 1.807) is 7.11 Å². The van der Waals surface area contributed by atoms with E-state index in [1.807, 2.05) is 24.3 Å². The molecule has 0 radical (unpaired) electrons. The maximum atomic E-state index is 12.4. The summed E-state index contributed by atoms with van der Waals surface area (Å²) >= 11 is 0. The molecule has 3 rings (SSSR count). The molecule has 1 saturated carbocycles. The Hall–Kier alpha value is -1.77. The normalized spacial score (nSPS) is 29.6. The van der Waals surface area contributed by atoms with Crippen molar-refractivity contribution in [2.45, 2.75) is 25.7 Å². The molecule has 0 heterocycles. The molecule has 0 aliphatic heterocycles. The van der Waals surface area contributed by atoms with E-state index in [0.29, 0.717) is 11.8 Å². The van der Waals surface area contributed by atoms with Crippen LogP contribution in [-0.4, -0.2) is 13.0 Å². The zero-order chi connectivity index (χ0) is 13.9. The fourth-order valence-electron chi connectivity index (χ4n) is 3.23. The van der Waals surface area contributed by atoms with Crippen LogP contribution in [0.15, 0.2) is 36.4 Å². The fraction of sp³-hybridized carbons (Fsp3) is 0.471. The number of carbonyl (C=O) groups excluding carboxylic acids is 1. The monoisotopic (exact) mass is 271 g/mol. The standard InChI is InChI=1S/C17H21NO2/c1-20-13-8-6-7-12(11-13)18-17(19)16-14-9-4-2-3-5-10-15(14)16/h4,6-9,11,14-16H,2-3,5,10H2,1H3,(H,18,19)/b9-4-. The molecule has 1 aromatic rings. The van der Waals surface area contributed by atoms with Crippen LogP contribution < -0.4 is 10.1 Å². The van der Waals surface area contributed by atoms with E-state index in [4.69, 9.17) is 4.74 Å². The van der Waals surface area contributed by atoms with Crippen LogP contribution in [0, 0.1) is 17.8 Å². The van der Waals surface area contributed by atoms with E-state index in [0.717, 1.165) is 17.9 Å². The average Bonchev–Trinajstić information content (AvgIpc) is 3.10. The molecule has 3 unspecified atom stereocenters. The molecular weight excluding hydrogens is 250 g/mol. The van der Waals surface area contributed by atoms with Crippen molar-refractivity contribution in [3.05, 3.63) is 36.4 Å². The summed E-state index contributed by atoms with van der Waals surface area (Å²) in [5, 5.41) is 3.02. The van der Waals surface area contributed by atoms with Crippen molar-refractivity contribution in [2.75, 3.05) is 12.4 Å². The minimum absolute atomic E-state index is 0.153. The third-order valence-electron chi connectivity index (χ3n) is 4.39. The maximum absolute atomic E-state index is 12.4. The van der Waals surface area contributed by atoms with Crippen LogP contribution >= 0.6 is 0 Å². The summed E-state index contributed by atoms with van der Waals surface area (Å²) < 4.78 is 5.18. The number of allylic oxidation sites excluding steroid dienone is 2. The number of carbonyl (C=O) groups is 1. The Balaban J connectivity index is 1.65. The summed E-state index contributed by atoms with van der Waals surface area (Å²) in [5.74, 6) is 2.10. The van der Waals surface area contributed by atoms with Crippen LogP contribution in [0.3, 0.4) is 0 Å². The van der Waals surface area contributed by atoms with Crippen molar-refractivity contribution in [1.29, 1.82) is 0 Å². The van der Waals surface area contributed by atoms with Crippen LogP contribution in [0.2, 0.25) is 0 Å². The number of methoxy groups -OCH3 is 1. The molecule has 2 aliphatic carbocycles. The number of benzene rings is 1. The van der Waals surface area contributed by atoms with Gasteiger partial charge in [-0.3, -0.25) is 4.79 Å². The molecule has 106 valence electrons. The molecule has 1 N–H and O–H groups in total. The zero-order valence-corrected chi connectivity index (χ0v) is 11.8. The first-order chi connectivity index (χ1) is 9.79. The first-order valence-corrected chi connectivity index (χ1v) is 7.41. The third kappa shape index (κ3) is 2.72. The van der Waals surface area contributed by atoms with Gasteiger partial charge in [-0.15, -0.1) is 0 Å². The van der Waals surface area contributed by atoms with E-state index in [2.05, 4.69) is 17.5 Å². The topological polar surface area (TPSA) is 38.3 Å². The number of nitrogens with one attached hydrogen (secondary N) is 1. The number of amides is 1. The van der Waals surface area contributed by atoms with Gasteiger partial charge in [-0.1, -0.05) is 24.6 Å². The van der Waals surface area contributed by atoms with Gasteiger partial charge in [0.05, 0.1) is 7.11 Å². The van der Waals surface area contributed by atoms with Gasteiger partial charge in [-0.25, -0.2) is 0 Å². The van der Waals surface area contributed by atoms with Crippen molar-refractivity contribution in [3.8, 4) is 5.75 Å². The molecule has 3 atom stereocenters. The molecule has 0 saturated heterocycles. The quantitative estimate of drug-likeness (QED) is 0.853. The second-order valence-corrected chi connectivity index (χ2v) is 5.70. The highest BCUT2D eigenvalue weighted by Gasteiger charge is 2.52. The summed E-state index contributed by atoms with van der Waals surface area (Å²) in [4.78, 5) is 12.4. The lowest BCUT2D eigenvalue weighted by atomic mass is 10.1. The molecule has 0 spiro atoms. The van der Waals surface area contributed by atoms with Gasteiger partial charge in [0.25, 0.3) is 0 Å². The molecule has 1 fully saturated rings. The van der Waals surface area contributed by atoms with Gasteiger partial charge < -0.3 is 10.1 Å². The molecule has 0 bridgehead atoms. The first kappa shape index (κ1) is 13.2. The van der Waals surface area contributed by atoms with Crippen LogP contribution in [0.5, 0.6) is 5.75 Å². The highest BCUT2D eigenvalue weighted by atomic mass is 16.5. The first-order valence-electron chi connectivity index (χ1n) is 7.41. The van der Waals surface area contributed by atoms with Gasteiger partial charge in [-0.05, 0) is 43.2 Å². The van der Waals surface area contributed by atoms with E-state index in [1.165, 1.54) is 19.3 Å². The second-order valence-electron chi connectivity index (χ2n) is 5.70. The predicted octanol–water partition coefficient (Wildman–Crippen LogP) is 3.63. The summed E-state index contributed by atoms with van der Waals surface area (Å²) in [6.45, 7) is 0. The van der Waals surface area contributed by atoms with Crippen LogP contribution in [0.4, 0.5) is 5.69 Å². The number of fused-ring (bicyclic) bond motifs is 1. The third-order valence-corrected chi connectivity index (χ3v) is 4.39. The number of ether oxygens (including phenoxy) is 1. The van der Waals surface area contributed by atoms with E-state index in [9.17, 15) is 4.79 Å². The Kier molecular flexibility index (Phi) is 3.77. The molecular formula is C17H21NO2. The van der Waals surface area contributed by atoms with Gasteiger partial charge in [0, 0.05) is 17.7 Å². The average molecular weight is 271 g/mol. The lowest BCUT2D eigenvalue weighted by molar-refractivity contribution is -0.117. The van der Waals surface area contributed by atoms with Gasteiger partial charge in [0.15, 0.2) is 0 Å². The largest absolute Gasteiger partial charge is 0.497 e. The lowest BCUT2D eigenvalue weighted by Gasteiger charge is -2.06. The number of rotatable bonds is 3. The smallest absolute Gasteiger partial charge is 0.228 e. The summed E-state index contributed by atoms with van der Waals surface area (Å²) in [5.41, 5.74) is 0.817. The van der Waals surface area contributed by atoms with Gasteiger partial charge in [0.1, 0.15) is 5.75 Å². The van der Waals surface area contributed by atoms with Crippen LogP contribution in [0.25, 0.3) is 0 Å². The maximum Gasteiger partial charge on any atom is 0.228 e. The summed E-state index contributed by atoms with van der Waals surface area (Å²) in [6.07, 6.45) is 9.34. The number of anilines is 1. The molecule has 20 heavy (non-hydrogen) atoms. The molecule has 3 nitrogen and oxygen atoms in total. The number of hydrogen-bond donors (Lipinski definition) is 1. The highest BCUT2D eigenvalue weighted by Crippen LogP contribution is 2.51. The molecule has 0 aromatic heterocycles. The molecule has 2 aliphatic rings. The zero-order valence-electron chi connectivity index (χ0n) is 11.8. The Morgan fingerprint density at radius 2 is 2.25 bits per heavy atom. The Labute approximate surface area is 120 Å². The minimum Gasteiger partial charge on any atom is -0.497 e. The minimum atomic E-state index is 0.153. The van der Waals surface area contributed by atoms with Crippen molar-refractivity contribution in [1.82, 2.24) is 0 Å². The van der Waals surface area contributed by atoms with Gasteiger partial charge in [0.2, 0.25) is 5.91 Å². The highest BCUT2D eigenvalue weighted by molar-refractivity contribution is 5.95. The van der Waals surface area contributed by atoms with Gasteiger partial charge >= 0.3 is 0 Å². The van der Waals surface area contributed by atoms with Gasteiger partial charge in [-0.2, -0.15) is 0 Å². The number of hydrogen-bond acceptors (Lipinski definition) is 2. The summed E-state index contributed by atoms with van der Waals surface area (Å²) in [6, 6.07) is 7.53. The van der Waals surface area contributed by atoms with Crippen molar-refractivity contribution < 1.29 is 9.53 Å².